The molecule has 0 aromatic carbocycles. The van der Waals surface area contributed by atoms with E-state index >= 15 is 0 Å². The van der Waals surface area contributed by atoms with Crippen LogP contribution in [0.4, 0.5) is 0 Å². The van der Waals surface area contributed by atoms with Crippen molar-refractivity contribution in [1.29, 1.82) is 0 Å². The van der Waals surface area contributed by atoms with E-state index in [0.29, 0.717) is 0 Å². The summed E-state index contributed by atoms with van der Waals surface area (Å²) in [5, 5.41) is 0. The van der Waals surface area contributed by atoms with Crippen LogP contribution in [0.3, 0.4) is 0 Å². The summed E-state index contributed by atoms with van der Waals surface area (Å²) in [7, 11) is 0. The van der Waals surface area contributed by atoms with Gasteiger partial charge in [0.25, 0.3) is 0 Å². The molecule has 0 radical (unpaired) electrons. The zero-order valence-corrected chi connectivity index (χ0v) is 15.5. The number of hydrogen-bond acceptors (Lipinski definition) is 2. The van der Waals surface area contributed by atoms with Gasteiger partial charge in [0.2, 0.25) is 0 Å². The predicted octanol–water partition coefficient (Wildman–Crippen LogP) is 3.93. The molecule has 0 aliphatic heterocycles. The standard InChI is InChI=1S/C14H34GeN2/c1-9-16(10-2)15(13(5)6,14(7)8)17(11-3)12-4/h13-14H,9-12H2,1-8H3. The Kier molecular flexibility index (Phi) is 8.01. The van der Waals surface area contributed by atoms with Gasteiger partial charge in [0.15, 0.2) is 0 Å². The van der Waals surface area contributed by atoms with Crippen LogP contribution in [0.5, 0.6) is 0 Å². The van der Waals surface area contributed by atoms with Gasteiger partial charge in [-0.2, -0.15) is 0 Å². The van der Waals surface area contributed by atoms with Crippen LogP contribution in [0.25, 0.3) is 0 Å². The fraction of sp³-hybridized carbons (Fsp3) is 1.00. The van der Waals surface area contributed by atoms with Gasteiger partial charge in [-0.15, -0.1) is 0 Å². The number of nitrogens with zero attached hydrogens (tertiary/aromatic N) is 2. The van der Waals surface area contributed by atoms with Gasteiger partial charge in [-0.05, 0) is 0 Å². The van der Waals surface area contributed by atoms with Crippen molar-refractivity contribution in [2.45, 2.75) is 64.9 Å². The molecule has 0 unspecified atom stereocenters. The van der Waals surface area contributed by atoms with Crippen molar-refractivity contribution in [2.75, 3.05) is 26.2 Å². The van der Waals surface area contributed by atoms with Crippen molar-refractivity contribution in [1.82, 2.24) is 7.71 Å². The molecule has 0 fully saturated rings. The first-order valence-corrected chi connectivity index (χ1v) is 11.7. The minimum atomic E-state index is -2.15. The van der Waals surface area contributed by atoms with Crippen LogP contribution in [0.1, 0.15) is 55.4 Å². The first-order chi connectivity index (χ1) is 7.93. The molecule has 0 heterocycles. The van der Waals surface area contributed by atoms with Crippen LogP contribution in [-0.2, 0) is 0 Å². The SMILES string of the molecule is CC[N](CC)[Ge]([CH](C)C)([CH](C)C)[N](CC)CC. The maximum absolute atomic E-state index is 2.84. The summed E-state index contributed by atoms with van der Waals surface area (Å²) < 4.78 is 7.33. The van der Waals surface area contributed by atoms with E-state index in [2.05, 4.69) is 63.1 Å². The van der Waals surface area contributed by atoms with Gasteiger partial charge in [-0.1, -0.05) is 0 Å². The van der Waals surface area contributed by atoms with E-state index in [1.54, 1.807) is 0 Å². The summed E-state index contributed by atoms with van der Waals surface area (Å²) in [5.41, 5.74) is 0. The van der Waals surface area contributed by atoms with Crippen molar-refractivity contribution >= 4 is 13.7 Å². The number of hydrogen-bond donors (Lipinski definition) is 0. The molecule has 0 spiro atoms. The molecule has 17 heavy (non-hydrogen) atoms. The quantitative estimate of drug-likeness (QED) is 0.627. The zero-order chi connectivity index (χ0) is 13.6. The predicted molar refractivity (Wildman–Crippen MR) is 81.8 cm³/mol. The van der Waals surface area contributed by atoms with Crippen LogP contribution in [-0.4, -0.2) is 47.6 Å². The molecule has 0 aliphatic carbocycles. The summed E-state index contributed by atoms with van der Waals surface area (Å²) in [6.07, 6.45) is 0. The van der Waals surface area contributed by atoms with Crippen LogP contribution in [0.15, 0.2) is 0 Å². The van der Waals surface area contributed by atoms with E-state index < -0.39 is 13.7 Å². The Balaban J connectivity index is 5.56. The van der Waals surface area contributed by atoms with Gasteiger partial charge in [0.1, 0.15) is 0 Å². The zero-order valence-electron chi connectivity index (χ0n) is 13.4. The summed E-state index contributed by atoms with van der Waals surface area (Å²) in [6.45, 7) is 24.0. The molecule has 2 nitrogen and oxygen atoms in total. The molecule has 0 aromatic heterocycles. The second-order valence-electron chi connectivity index (χ2n) is 5.44. The van der Waals surface area contributed by atoms with Crippen molar-refractivity contribution in [3.05, 3.63) is 0 Å². The average Bonchev–Trinajstić information content (AvgIpc) is 2.28. The van der Waals surface area contributed by atoms with E-state index in [1.807, 2.05) is 0 Å². The first kappa shape index (κ1) is 17.5. The molecule has 0 aromatic rings. The Bertz CT molecular complexity index is 174. The Labute approximate surface area is 113 Å². The maximum atomic E-state index is 2.84. The van der Waals surface area contributed by atoms with Gasteiger partial charge >= 0.3 is 112 Å². The van der Waals surface area contributed by atoms with Gasteiger partial charge in [0.05, 0.1) is 0 Å². The Morgan fingerprint density at radius 2 is 0.882 bits per heavy atom. The molecular weight excluding hydrogens is 269 g/mol. The molecule has 0 amide bonds. The van der Waals surface area contributed by atoms with Crippen LogP contribution in [0.2, 0.25) is 9.50 Å². The summed E-state index contributed by atoms with van der Waals surface area (Å²) in [4.78, 5) is 0. The Morgan fingerprint density at radius 1 is 0.647 bits per heavy atom. The fourth-order valence-corrected chi connectivity index (χ4v) is 17.8. The van der Waals surface area contributed by atoms with Crippen molar-refractivity contribution < 1.29 is 0 Å². The second kappa shape index (κ2) is 7.80. The molecule has 0 N–H and O–H groups in total. The van der Waals surface area contributed by atoms with E-state index in [4.69, 9.17) is 0 Å². The monoisotopic (exact) mass is 304 g/mol. The average molecular weight is 303 g/mol. The van der Waals surface area contributed by atoms with Crippen LogP contribution >= 0.6 is 0 Å². The molecule has 104 valence electrons. The van der Waals surface area contributed by atoms with E-state index in [1.165, 1.54) is 26.2 Å². The minimum absolute atomic E-state index is 0.829. The third-order valence-corrected chi connectivity index (χ3v) is 18.3. The molecule has 0 saturated carbocycles. The first-order valence-electron chi connectivity index (χ1n) is 7.43. The molecule has 0 saturated heterocycles. The number of rotatable bonds is 8. The van der Waals surface area contributed by atoms with E-state index in [-0.39, 0.29) is 0 Å². The van der Waals surface area contributed by atoms with Crippen LogP contribution < -0.4 is 0 Å². The van der Waals surface area contributed by atoms with Gasteiger partial charge in [-0.25, -0.2) is 0 Å². The van der Waals surface area contributed by atoms with Crippen molar-refractivity contribution in [3.63, 3.8) is 0 Å². The molecule has 0 aliphatic rings. The Morgan fingerprint density at radius 3 is 1.00 bits per heavy atom. The van der Waals surface area contributed by atoms with Crippen molar-refractivity contribution in [3.8, 4) is 0 Å². The van der Waals surface area contributed by atoms with Gasteiger partial charge < -0.3 is 0 Å². The normalized spacial score (nSPS) is 13.4. The summed E-state index contributed by atoms with van der Waals surface area (Å²) in [5.74, 6) is 0. The molecular formula is C14H34GeN2. The molecule has 3 heteroatoms. The van der Waals surface area contributed by atoms with Gasteiger partial charge in [-0.3, -0.25) is 0 Å². The van der Waals surface area contributed by atoms with E-state index in [0.717, 1.165) is 9.50 Å². The third kappa shape index (κ3) is 3.27. The summed E-state index contributed by atoms with van der Waals surface area (Å²) >= 11 is -2.15. The molecule has 0 rings (SSSR count). The molecule has 0 bridgehead atoms. The second-order valence-corrected chi connectivity index (χ2v) is 16.2. The Hall–Kier alpha value is 0.463. The van der Waals surface area contributed by atoms with Gasteiger partial charge in [0, 0.05) is 0 Å². The summed E-state index contributed by atoms with van der Waals surface area (Å²) in [6, 6.07) is 0. The van der Waals surface area contributed by atoms with Crippen molar-refractivity contribution in [2.24, 2.45) is 0 Å². The van der Waals surface area contributed by atoms with E-state index in [9.17, 15) is 0 Å². The van der Waals surface area contributed by atoms with Crippen LogP contribution in [0, 0.1) is 0 Å². The molecule has 0 atom stereocenters. The fourth-order valence-electron chi connectivity index (χ4n) is 3.79. The topological polar surface area (TPSA) is 6.48 Å². The third-order valence-electron chi connectivity index (χ3n) is 4.24.